The van der Waals surface area contributed by atoms with Crippen molar-refractivity contribution in [2.24, 2.45) is 0 Å². The third-order valence-corrected chi connectivity index (χ3v) is 3.00. The van der Waals surface area contributed by atoms with E-state index in [1.807, 2.05) is 43.3 Å². The Bertz CT molecular complexity index is 547. The number of amides is 1. The van der Waals surface area contributed by atoms with Crippen molar-refractivity contribution < 1.29 is 14.3 Å². The molecule has 2 rings (SSSR count). The lowest BCUT2D eigenvalue weighted by Crippen LogP contribution is -2.28. The number of aliphatic hydroxyl groups excluding tert-OH is 1. The fourth-order valence-corrected chi connectivity index (χ4v) is 1.80. The SMILES string of the molecule is CN(C)c1ccc(C(O)CNC(=O)c2ccco2)cc1. The van der Waals surface area contributed by atoms with Crippen molar-refractivity contribution in [3.05, 3.63) is 54.0 Å². The van der Waals surface area contributed by atoms with Crippen LogP contribution >= 0.6 is 0 Å². The van der Waals surface area contributed by atoms with Crippen LogP contribution in [0.2, 0.25) is 0 Å². The molecule has 2 aromatic rings. The van der Waals surface area contributed by atoms with E-state index in [2.05, 4.69) is 5.32 Å². The minimum absolute atomic E-state index is 0.140. The van der Waals surface area contributed by atoms with Gasteiger partial charge >= 0.3 is 0 Å². The molecule has 106 valence electrons. The van der Waals surface area contributed by atoms with E-state index >= 15 is 0 Å². The third kappa shape index (κ3) is 3.39. The minimum Gasteiger partial charge on any atom is -0.459 e. The van der Waals surface area contributed by atoms with Crippen LogP contribution in [-0.2, 0) is 0 Å². The largest absolute Gasteiger partial charge is 0.459 e. The van der Waals surface area contributed by atoms with E-state index in [1.165, 1.54) is 6.26 Å². The molecule has 1 heterocycles. The van der Waals surface area contributed by atoms with Gasteiger partial charge in [0, 0.05) is 26.3 Å². The van der Waals surface area contributed by atoms with Gasteiger partial charge in [0.15, 0.2) is 5.76 Å². The fraction of sp³-hybridized carbons (Fsp3) is 0.267. The molecule has 1 aromatic carbocycles. The summed E-state index contributed by atoms with van der Waals surface area (Å²) in [6, 6.07) is 10.8. The van der Waals surface area contributed by atoms with Crippen molar-refractivity contribution in [3.63, 3.8) is 0 Å². The van der Waals surface area contributed by atoms with Crippen molar-refractivity contribution in [3.8, 4) is 0 Å². The Hall–Kier alpha value is -2.27. The second kappa shape index (κ2) is 6.25. The Balaban J connectivity index is 1.91. The lowest BCUT2D eigenvalue weighted by Gasteiger charge is -2.15. The van der Waals surface area contributed by atoms with Gasteiger partial charge in [-0.25, -0.2) is 0 Å². The standard InChI is InChI=1S/C15H18N2O3/c1-17(2)12-7-5-11(6-8-12)13(18)10-16-15(19)14-4-3-9-20-14/h3-9,13,18H,10H2,1-2H3,(H,16,19). The molecule has 0 aliphatic heterocycles. The number of nitrogens with one attached hydrogen (secondary N) is 1. The first-order chi connectivity index (χ1) is 9.58. The maximum absolute atomic E-state index is 11.7. The highest BCUT2D eigenvalue weighted by Gasteiger charge is 2.12. The van der Waals surface area contributed by atoms with Crippen LogP contribution in [0.4, 0.5) is 5.69 Å². The van der Waals surface area contributed by atoms with Gasteiger partial charge in [-0.2, -0.15) is 0 Å². The lowest BCUT2D eigenvalue weighted by atomic mass is 10.1. The molecule has 0 bridgehead atoms. The Morgan fingerprint density at radius 1 is 1.30 bits per heavy atom. The minimum atomic E-state index is -0.745. The summed E-state index contributed by atoms with van der Waals surface area (Å²) in [6.45, 7) is 0.140. The molecule has 0 fully saturated rings. The number of rotatable bonds is 5. The molecule has 5 nitrogen and oxygen atoms in total. The summed E-state index contributed by atoms with van der Waals surface area (Å²) in [5.74, 6) is -0.0980. The lowest BCUT2D eigenvalue weighted by molar-refractivity contribution is 0.0889. The van der Waals surface area contributed by atoms with E-state index in [0.717, 1.165) is 11.3 Å². The predicted molar refractivity (Wildman–Crippen MR) is 76.8 cm³/mol. The van der Waals surface area contributed by atoms with Gasteiger partial charge in [-0.05, 0) is 29.8 Å². The molecule has 0 radical (unpaired) electrons. The van der Waals surface area contributed by atoms with Crippen molar-refractivity contribution in [2.45, 2.75) is 6.10 Å². The molecule has 0 aliphatic rings. The summed E-state index contributed by atoms with van der Waals surface area (Å²) in [4.78, 5) is 13.6. The molecular formula is C15H18N2O3. The highest BCUT2D eigenvalue weighted by Crippen LogP contribution is 2.17. The summed E-state index contributed by atoms with van der Waals surface area (Å²) in [5, 5.41) is 12.7. The van der Waals surface area contributed by atoms with Crippen molar-refractivity contribution >= 4 is 11.6 Å². The van der Waals surface area contributed by atoms with Gasteiger partial charge in [0.2, 0.25) is 0 Å². The van der Waals surface area contributed by atoms with Gasteiger partial charge in [-0.1, -0.05) is 12.1 Å². The van der Waals surface area contributed by atoms with E-state index in [1.54, 1.807) is 12.1 Å². The average Bonchev–Trinajstić information content (AvgIpc) is 2.98. The van der Waals surface area contributed by atoms with Crippen molar-refractivity contribution in [2.75, 3.05) is 25.5 Å². The molecule has 1 unspecified atom stereocenters. The first-order valence-corrected chi connectivity index (χ1v) is 6.35. The molecule has 5 heteroatoms. The zero-order chi connectivity index (χ0) is 14.5. The molecular weight excluding hydrogens is 256 g/mol. The highest BCUT2D eigenvalue weighted by molar-refractivity contribution is 5.91. The van der Waals surface area contributed by atoms with Crippen LogP contribution in [0.3, 0.4) is 0 Å². The molecule has 0 aliphatic carbocycles. The number of benzene rings is 1. The molecule has 2 N–H and O–H groups in total. The third-order valence-electron chi connectivity index (χ3n) is 3.00. The number of aliphatic hydroxyl groups is 1. The molecule has 0 saturated heterocycles. The Kier molecular flexibility index (Phi) is 4.42. The second-order valence-electron chi connectivity index (χ2n) is 4.69. The summed E-state index contributed by atoms with van der Waals surface area (Å²) in [6.07, 6.45) is 0.691. The first-order valence-electron chi connectivity index (χ1n) is 6.35. The van der Waals surface area contributed by atoms with Gasteiger partial charge in [-0.15, -0.1) is 0 Å². The topological polar surface area (TPSA) is 65.7 Å². The maximum atomic E-state index is 11.7. The van der Waals surface area contributed by atoms with Crippen molar-refractivity contribution in [1.29, 1.82) is 0 Å². The van der Waals surface area contributed by atoms with Gasteiger partial charge < -0.3 is 19.7 Å². The maximum Gasteiger partial charge on any atom is 0.287 e. The number of furan rings is 1. The summed E-state index contributed by atoms with van der Waals surface area (Å²) >= 11 is 0. The summed E-state index contributed by atoms with van der Waals surface area (Å²) < 4.78 is 4.98. The number of hydrogen-bond donors (Lipinski definition) is 2. The smallest absolute Gasteiger partial charge is 0.287 e. The van der Waals surface area contributed by atoms with Crippen LogP contribution in [0.5, 0.6) is 0 Å². The molecule has 1 atom stereocenters. The zero-order valence-corrected chi connectivity index (χ0v) is 11.5. The van der Waals surface area contributed by atoms with Crippen LogP contribution in [0.1, 0.15) is 22.2 Å². The van der Waals surface area contributed by atoms with Crippen LogP contribution in [0.15, 0.2) is 47.1 Å². The van der Waals surface area contributed by atoms with E-state index in [-0.39, 0.29) is 18.2 Å². The van der Waals surface area contributed by atoms with Gasteiger partial charge in [0.25, 0.3) is 5.91 Å². The number of nitrogens with zero attached hydrogens (tertiary/aromatic N) is 1. The summed E-state index contributed by atoms with van der Waals surface area (Å²) in [7, 11) is 3.91. The number of carbonyl (C=O) groups excluding carboxylic acids is 1. The van der Waals surface area contributed by atoms with Crippen LogP contribution in [0, 0.1) is 0 Å². The quantitative estimate of drug-likeness (QED) is 0.872. The van der Waals surface area contributed by atoms with E-state index < -0.39 is 6.10 Å². The molecule has 1 aromatic heterocycles. The molecule has 20 heavy (non-hydrogen) atoms. The normalized spacial score (nSPS) is 11.9. The average molecular weight is 274 g/mol. The second-order valence-corrected chi connectivity index (χ2v) is 4.69. The molecule has 0 saturated carbocycles. The summed E-state index contributed by atoms with van der Waals surface area (Å²) in [5.41, 5.74) is 1.82. The van der Waals surface area contributed by atoms with Gasteiger partial charge in [0.05, 0.1) is 12.4 Å². The Morgan fingerprint density at radius 2 is 2.00 bits per heavy atom. The monoisotopic (exact) mass is 274 g/mol. The van der Waals surface area contributed by atoms with Gasteiger partial charge in [0.1, 0.15) is 0 Å². The zero-order valence-electron chi connectivity index (χ0n) is 11.5. The van der Waals surface area contributed by atoms with Crippen molar-refractivity contribution in [1.82, 2.24) is 5.32 Å². The van der Waals surface area contributed by atoms with Crippen LogP contribution in [0.25, 0.3) is 0 Å². The Labute approximate surface area is 117 Å². The van der Waals surface area contributed by atoms with E-state index in [9.17, 15) is 9.90 Å². The Morgan fingerprint density at radius 3 is 2.55 bits per heavy atom. The highest BCUT2D eigenvalue weighted by atomic mass is 16.3. The van der Waals surface area contributed by atoms with Gasteiger partial charge in [-0.3, -0.25) is 4.79 Å². The van der Waals surface area contributed by atoms with Crippen LogP contribution in [-0.4, -0.2) is 31.7 Å². The number of anilines is 1. The van der Waals surface area contributed by atoms with E-state index in [0.29, 0.717) is 0 Å². The number of hydrogen-bond acceptors (Lipinski definition) is 4. The number of carbonyl (C=O) groups is 1. The fourth-order valence-electron chi connectivity index (χ4n) is 1.80. The molecule has 1 amide bonds. The first kappa shape index (κ1) is 14.1. The molecule has 0 spiro atoms. The predicted octanol–water partition coefficient (Wildman–Crippen LogP) is 1.81. The van der Waals surface area contributed by atoms with E-state index in [4.69, 9.17) is 4.42 Å². The van der Waals surface area contributed by atoms with Crippen LogP contribution < -0.4 is 10.2 Å².